The Hall–Kier alpha value is -3.42. The normalized spacial score (nSPS) is 11.9. The number of carbonyl (C=O) groups excluding carboxylic acids is 2. The molecule has 0 aliphatic rings. The van der Waals surface area contributed by atoms with Crippen LogP contribution in [0.1, 0.15) is 65.8 Å². The van der Waals surface area contributed by atoms with Crippen molar-refractivity contribution in [3.05, 3.63) is 86.0 Å². The highest BCUT2D eigenvalue weighted by molar-refractivity contribution is 7.15. The van der Waals surface area contributed by atoms with Crippen LogP contribution >= 0.6 is 22.9 Å². The summed E-state index contributed by atoms with van der Waals surface area (Å²) in [7, 11) is 0. The van der Waals surface area contributed by atoms with Crippen LogP contribution in [0.25, 0.3) is 22.1 Å². The van der Waals surface area contributed by atoms with E-state index in [1.54, 1.807) is 23.6 Å². The number of esters is 1. The minimum absolute atomic E-state index is 0.189. The molecule has 2 aromatic carbocycles. The molecule has 0 bridgehead atoms. The predicted molar refractivity (Wildman–Crippen MR) is 144 cm³/mol. The second kappa shape index (κ2) is 11.1. The summed E-state index contributed by atoms with van der Waals surface area (Å²) in [6.45, 7) is 6.46. The minimum atomic E-state index is -0.783. The number of carbonyl (C=O) groups is 2. The summed E-state index contributed by atoms with van der Waals surface area (Å²) < 4.78 is 10.7. The van der Waals surface area contributed by atoms with Crippen LogP contribution in [0.5, 0.6) is 0 Å². The van der Waals surface area contributed by atoms with Crippen molar-refractivity contribution < 1.29 is 18.7 Å². The molecule has 1 unspecified atom stereocenters. The molecule has 0 radical (unpaired) electrons. The Bertz CT molecular complexity index is 1470. The molecule has 0 saturated heterocycles. The van der Waals surface area contributed by atoms with Crippen LogP contribution in [-0.2, 0) is 4.74 Å². The third kappa shape index (κ3) is 5.37. The van der Waals surface area contributed by atoms with E-state index in [1.807, 2.05) is 31.2 Å². The molecule has 0 spiro atoms. The highest BCUT2D eigenvalue weighted by Crippen LogP contribution is 2.37. The van der Waals surface area contributed by atoms with E-state index in [0.717, 1.165) is 12.0 Å². The van der Waals surface area contributed by atoms with Crippen molar-refractivity contribution in [1.29, 1.82) is 0 Å². The Kier molecular flexibility index (Phi) is 7.91. The van der Waals surface area contributed by atoms with Gasteiger partial charge in [0, 0.05) is 21.4 Å². The highest BCUT2D eigenvalue weighted by Gasteiger charge is 2.24. The van der Waals surface area contributed by atoms with Crippen LogP contribution in [0.3, 0.4) is 0 Å². The number of halogens is 1. The Morgan fingerprint density at radius 3 is 2.56 bits per heavy atom. The summed E-state index contributed by atoms with van der Waals surface area (Å²) in [6, 6.07) is 14.2. The van der Waals surface area contributed by atoms with Crippen LogP contribution < -0.4 is 10.9 Å². The fourth-order valence-corrected chi connectivity index (χ4v) is 4.91. The van der Waals surface area contributed by atoms with Gasteiger partial charge in [-0.15, -0.1) is 11.3 Å². The molecule has 2 heterocycles. The Labute approximate surface area is 217 Å². The van der Waals surface area contributed by atoms with Crippen molar-refractivity contribution in [1.82, 2.24) is 0 Å². The largest absolute Gasteiger partial charge is 0.462 e. The lowest BCUT2D eigenvalue weighted by Gasteiger charge is -2.11. The number of hydrogen-bond donors (Lipinski definition) is 1. The van der Waals surface area contributed by atoms with E-state index in [0.29, 0.717) is 38.9 Å². The Balaban J connectivity index is 1.71. The van der Waals surface area contributed by atoms with E-state index in [9.17, 15) is 14.4 Å². The van der Waals surface area contributed by atoms with Gasteiger partial charge in [0.1, 0.15) is 21.7 Å². The van der Waals surface area contributed by atoms with Gasteiger partial charge in [-0.05, 0) is 54.2 Å². The van der Waals surface area contributed by atoms with Crippen molar-refractivity contribution >= 4 is 50.8 Å². The third-order valence-corrected chi connectivity index (χ3v) is 7.13. The fourth-order valence-electron chi connectivity index (χ4n) is 3.78. The average molecular weight is 524 g/mol. The van der Waals surface area contributed by atoms with E-state index in [1.165, 1.54) is 23.0 Å². The summed E-state index contributed by atoms with van der Waals surface area (Å²) >= 11 is 7.24. The van der Waals surface area contributed by atoms with E-state index >= 15 is 0 Å². The second-order valence-corrected chi connectivity index (χ2v) is 9.82. The number of nitrogens with one attached hydrogen (secondary N) is 1. The number of hydrogen-bond acceptors (Lipinski definition) is 6. The van der Waals surface area contributed by atoms with Crippen molar-refractivity contribution in [3.63, 3.8) is 0 Å². The molecule has 1 N–H and O–H groups in total. The molecule has 4 aromatic rings. The Morgan fingerprint density at radius 1 is 1.11 bits per heavy atom. The molecule has 1 amide bonds. The highest BCUT2D eigenvalue weighted by atomic mass is 35.5. The van der Waals surface area contributed by atoms with Crippen molar-refractivity contribution in [2.75, 3.05) is 11.9 Å². The monoisotopic (exact) mass is 523 g/mol. The lowest BCUT2D eigenvalue weighted by Crippen LogP contribution is -2.21. The maximum atomic E-state index is 13.1. The van der Waals surface area contributed by atoms with Crippen molar-refractivity contribution in [2.24, 2.45) is 0 Å². The van der Waals surface area contributed by atoms with Gasteiger partial charge >= 0.3 is 11.6 Å². The maximum absolute atomic E-state index is 13.1. The zero-order valence-corrected chi connectivity index (χ0v) is 21.8. The SMILES string of the molecule is CCCOC(=O)c1c(-c2ccc(C(C)CC)cc2)csc1NC(=O)c1cc2cc(Cl)ccc2oc1=O. The van der Waals surface area contributed by atoms with Crippen LogP contribution in [0.2, 0.25) is 5.02 Å². The molecule has 36 heavy (non-hydrogen) atoms. The summed E-state index contributed by atoms with van der Waals surface area (Å²) in [5.41, 5.74) is 2.31. The van der Waals surface area contributed by atoms with Crippen molar-refractivity contribution in [3.8, 4) is 11.1 Å². The zero-order valence-electron chi connectivity index (χ0n) is 20.2. The molecule has 0 saturated carbocycles. The zero-order chi connectivity index (χ0) is 25.8. The number of rotatable bonds is 8. The first-order chi connectivity index (χ1) is 17.3. The van der Waals surface area contributed by atoms with E-state index in [4.69, 9.17) is 20.8 Å². The molecule has 0 aliphatic carbocycles. The molecule has 8 heteroatoms. The predicted octanol–water partition coefficient (Wildman–Crippen LogP) is 7.51. The molecule has 6 nitrogen and oxygen atoms in total. The standard InChI is InChI=1S/C28H26ClNO5S/c1-4-12-34-28(33)24-22(18-8-6-17(7-9-18)16(3)5-2)15-36-26(24)30-25(31)21-14-19-13-20(29)10-11-23(19)35-27(21)32/h6-11,13-16H,4-5,12H2,1-3H3,(H,30,31). The maximum Gasteiger partial charge on any atom is 0.349 e. The quantitative estimate of drug-likeness (QED) is 0.191. The smallest absolute Gasteiger partial charge is 0.349 e. The molecular formula is C28H26ClNO5S. The number of ether oxygens (including phenoxy) is 1. The summed E-state index contributed by atoms with van der Waals surface area (Å²) in [5, 5.41) is 5.79. The van der Waals surface area contributed by atoms with Gasteiger partial charge in [-0.1, -0.05) is 56.6 Å². The van der Waals surface area contributed by atoms with Gasteiger partial charge in [0.2, 0.25) is 0 Å². The Morgan fingerprint density at radius 2 is 1.86 bits per heavy atom. The third-order valence-electron chi connectivity index (χ3n) is 6.00. The van der Waals surface area contributed by atoms with E-state index in [2.05, 4.69) is 19.2 Å². The first-order valence-corrected chi connectivity index (χ1v) is 13.0. The summed E-state index contributed by atoms with van der Waals surface area (Å²) in [6.07, 6.45) is 1.69. The summed E-state index contributed by atoms with van der Waals surface area (Å²) in [4.78, 5) is 38.6. The molecule has 186 valence electrons. The van der Waals surface area contributed by atoms with Crippen LogP contribution in [0.4, 0.5) is 5.00 Å². The van der Waals surface area contributed by atoms with Crippen LogP contribution in [-0.4, -0.2) is 18.5 Å². The van der Waals surface area contributed by atoms with Gasteiger partial charge in [-0.2, -0.15) is 0 Å². The lowest BCUT2D eigenvalue weighted by molar-refractivity contribution is 0.0507. The summed E-state index contributed by atoms with van der Waals surface area (Å²) in [5.74, 6) is -0.795. The minimum Gasteiger partial charge on any atom is -0.462 e. The molecule has 2 aromatic heterocycles. The number of benzene rings is 2. The number of thiophene rings is 1. The molecular weight excluding hydrogens is 498 g/mol. The van der Waals surface area contributed by atoms with Gasteiger partial charge in [-0.25, -0.2) is 9.59 Å². The molecule has 1 atom stereocenters. The van der Waals surface area contributed by atoms with E-state index in [-0.39, 0.29) is 17.7 Å². The lowest BCUT2D eigenvalue weighted by atomic mass is 9.95. The molecule has 0 aliphatic heterocycles. The van der Waals surface area contributed by atoms with Crippen LogP contribution in [0, 0.1) is 0 Å². The second-order valence-electron chi connectivity index (χ2n) is 8.50. The topological polar surface area (TPSA) is 85.6 Å². The van der Waals surface area contributed by atoms with Gasteiger partial charge in [0.05, 0.1) is 6.61 Å². The van der Waals surface area contributed by atoms with Gasteiger partial charge in [-0.3, -0.25) is 4.79 Å². The van der Waals surface area contributed by atoms with Crippen molar-refractivity contribution in [2.45, 2.75) is 39.5 Å². The molecule has 0 fully saturated rings. The first kappa shape index (κ1) is 25.7. The fraction of sp³-hybridized carbons (Fsp3) is 0.250. The van der Waals surface area contributed by atoms with Crippen LogP contribution in [0.15, 0.2) is 63.1 Å². The number of amides is 1. The molecule has 4 rings (SSSR count). The van der Waals surface area contributed by atoms with Gasteiger partial charge in [0.25, 0.3) is 5.91 Å². The van der Waals surface area contributed by atoms with Gasteiger partial charge in [0.15, 0.2) is 0 Å². The first-order valence-electron chi connectivity index (χ1n) is 11.8. The van der Waals surface area contributed by atoms with Gasteiger partial charge < -0.3 is 14.5 Å². The van der Waals surface area contributed by atoms with E-state index < -0.39 is 17.5 Å². The number of fused-ring (bicyclic) bond motifs is 1. The number of anilines is 1. The average Bonchev–Trinajstić information content (AvgIpc) is 3.30.